The molecule has 0 radical (unpaired) electrons. The minimum Gasteiger partial charge on any atom is -0.481 e. The fourth-order valence-corrected chi connectivity index (χ4v) is 2.05. The largest absolute Gasteiger partial charge is 0.481 e. The number of carbonyl (C=O) groups is 2. The van der Waals surface area contributed by atoms with Gasteiger partial charge < -0.3 is 10.2 Å². The van der Waals surface area contributed by atoms with Crippen molar-refractivity contribution >= 4 is 11.9 Å². The molecule has 2 aromatic heterocycles. The summed E-state index contributed by atoms with van der Waals surface area (Å²) in [5.74, 6) is -1.63. The fourth-order valence-electron chi connectivity index (χ4n) is 2.05. The first-order valence-corrected chi connectivity index (χ1v) is 6.97. The van der Waals surface area contributed by atoms with Gasteiger partial charge in [-0.25, -0.2) is 9.13 Å². The average molecular weight is 302 g/mol. The molecule has 0 aliphatic rings. The number of nitrogens with zero attached hydrogens (tertiary/aromatic N) is 2. The Morgan fingerprint density at radius 2 is 1.05 bits per heavy atom. The molecule has 0 bridgehead atoms. The summed E-state index contributed by atoms with van der Waals surface area (Å²) in [4.78, 5) is 21.1. The van der Waals surface area contributed by atoms with Gasteiger partial charge in [0.05, 0.1) is 0 Å². The lowest BCUT2D eigenvalue weighted by atomic mass is 10.1. The summed E-state index contributed by atoms with van der Waals surface area (Å²) >= 11 is 0. The number of aryl methyl sites for hydroxylation is 2. The number of pyridine rings is 2. The summed E-state index contributed by atoms with van der Waals surface area (Å²) in [5.41, 5.74) is 2.05. The van der Waals surface area contributed by atoms with Crippen LogP contribution in [0.2, 0.25) is 0 Å². The maximum absolute atomic E-state index is 10.5. The quantitative estimate of drug-likeness (QED) is 0.744. The third kappa shape index (κ3) is 4.66. The van der Waals surface area contributed by atoms with Crippen molar-refractivity contribution < 1.29 is 28.9 Å². The van der Waals surface area contributed by atoms with Gasteiger partial charge in [-0.15, -0.1) is 0 Å². The maximum atomic E-state index is 10.5. The molecule has 6 nitrogen and oxygen atoms in total. The van der Waals surface area contributed by atoms with Crippen LogP contribution in [-0.4, -0.2) is 22.2 Å². The second kappa shape index (κ2) is 7.31. The molecule has 0 saturated heterocycles. The van der Waals surface area contributed by atoms with Crippen LogP contribution in [0.25, 0.3) is 11.1 Å². The Morgan fingerprint density at radius 1 is 0.727 bits per heavy atom. The smallest absolute Gasteiger partial charge is 0.309 e. The maximum Gasteiger partial charge on any atom is 0.309 e. The van der Waals surface area contributed by atoms with Crippen molar-refractivity contribution in [2.75, 3.05) is 0 Å². The molecule has 114 valence electrons. The van der Waals surface area contributed by atoms with Gasteiger partial charge in [0.15, 0.2) is 37.9 Å². The first-order valence-electron chi connectivity index (χ1n) is 6.97. The summed E-state index contributed by atoms with van der Waals surface area (Å²) in [6, 6.07) is 7.72. The second-order valence-corrected chi connectivity index (χ2v) is 4.94. The molecule has 2 rings (SSSR count). The van der Waals surface area contributed by atoms with Crippen LogP contribution in [0.15, 0.2) is 49.1 Å². The van der Waals surface area contributed by atoms with Crippen molar-refractivity contribution in [1.82, 2.24) is 0 Å². The predicted octanol–water partition coefficient (Wildman–Crippen LogP) is 0.878. The molecule has 22 heavy (non-hydrogen) atoms. The van der Waals surface area contributed by atoms with Gasteiger partial charge in [-0.3, -0.25) is 9.59 Å². The topological polar surface area (TPSA) is 82.4 Å². The van der Waals surface area contributed by atoms with Crippen LogP contribution in [0.3, 0.4) is 0 Å². The summed E-state index contributed by atoms with van der Waals surface area (Å²) in [7, 11) is 0. The molecule has 0 aliphatic heterocycles. The summed E-state index contributed by atoms with van der Waals surface area (Å²) in [6.45, 7) is 0.888. The Balaban J connectivity index is 2.02. The van der Waals surface area contributed by atoms with Gasteiger partial charge in [0.2, 0.25) is 0 Å². The van der Waals surface area contributed by atoms with E-state index in [1.807, 2.05) is 58.2 Å². The summed E-state index contributed by atoms with van der Waals surface area (Å²) in [5, 5.41) is 17.3. The average Bonchev–Trinajstić information content (AvgIpc) is 2.52. The zero-order chi connectivity index (χ0) is 15.9. The third-order valence-electron chi connectivity index (χ3n) is 3.28. The van der Waals surface area contributed by atoms with Crippen LogP contribution in [0.5, 0.6) is 0 Å². The van der Waals surface area contributed by atoms with E-state index in [1.54, 1.807) is 0 Å². The Labute approximate surface area is 127 Å². The van der Waals surface area contributed by atoms with E-state index in [-0.39, 0.29) is 12.8 Å². The lowest BCUT2D eigenvalue weighted by Crippen LogP contribution is -2.34. The minimum atomic E-state index is -0.814. The van der Waals surface area contributed by atoms with Crippen molar-refractivity contribution in [3.63, 3.8) is 0 Å². The highest BCUT2D eigenvalue weighted by atomic mass is 16.4. The molecule has 0 aliphatic carbocycles. The highest BCUT2D eigenvalue weighted by Gasteiger charge is 2.08. The van der Waals surface area contributed by atoms with Gasteiger partial charge in [0, 0.05) is 24.3 Å². The molecule has 2 heterocycles. The summed E-state index contributed by atoms with van der Waals surface area (Å²) in [6.07, 6.45) is 7.60. The predicted molar refractivity (Wildman–Crippen MR) is 76.8 cm³/mol. The van der Waals surface area contributed by atoms with Gasteiger partial charge in [0.25, 0.3) is 0 Å². The lowest BCUT2D eigenvalue weighted by molar-refractivity contribution is -0.696. The molecule has 0 saturated carbocycles. The van der Waals surface area contributed by atoms with E-state index in [2.05, 4.69) is 0 Å². The summed E-state index contributed by atoms with van der Waals surface area (Å²) < 4.78 is 3.65. The Kier molecular flexibility index (Phi) is 5.19. The number of hydrogen-bond donors (Lipinski definition) is 2. The zero-order valence-electron chi connectivity index (χ0n) is 12.1. The zero-order valence-corrected chi connectivity index (χ0v) is 12.1. The molecular weight excluding hydrogens is 284 g/mol. The van der Waals surface area contributed by atoms with Crippen LogP contribution in [0.1, 0.15) is 12.8 Å². The first-order chi connectivity index (χ1) is 10.5. The molecule has 6 heteroatoms. The molecular formula is C16H18N2O4+2. The molecule has 2 aromatic rings. The molecule has 0 unspecified atom stereocenters. The number of hydrogen-bond acceptors (Lipinski definition) is 2. The lowest BCUT2D eigenvalue weighted by Gasteiger charge is -2.01. The van der Waals surface area contributed by atoms with E-state index in [4.69, 9.17) is 10.2 Å². The van der Waals surface area contributed by atoms with E-state index >= 15 is 0 Å². The Bertz CT molecular complexity index is 591. The van der Waals surface area contributed by atoms with Crippen molar-refractivity contribution in [2.45, 2.75) is 25.9 Å². The van der Waals surface area contributed by atoms with E-state index in [1.165, 1.54) is 0 Å². The molecule has 2 N–H and O–H groups in total. The van der Waals surface area contributed by atoms with E-state index in [0.717, 1.165) is 11.1 Å². The van der Waals surface area contributed by atoms with Crippen LogP contribution in [0, 0.1) is 0 Å². The van der Waals surface area contributed by atoms with Crippen molar-refractivity contribution in [1.29, 1.82) is 0 Å². The molecule has 0 amide bonds. The van der Waals surface area contributed by atoms with Crippen LogP contribution in [0.4, 0.5) is 0 Å². The highest BCUT2D eigenvalue weighted by Crippen LogP contribution is 2.15. The molecule has 0 atom stereocenters. The first kappa shape index (κ1) is 15.6. The number of aromatic nitrogens is 2. The third-order valence-corrected chi connectivity index (χ3v) is 3.28. The van der Waals surface area contributed by atoms with Crippen molar-refractivity contribution in [3.05, 3.63) is 49.1 Å². The minimum absolute atomic E-state index is 0.0962. The van der Waals surface area contributed by atoms with Crippen LogP contribution < -0.4 is 9.13 Å². The van der Waals surface area contributed by atoms with Crippen molar-refractivity contribution in [3.8, 4) is 11.1 Å². The van der Waals surface area contributed by atoms with Crippen LogP contribution >= 0.6 is 0 Å². The van der Waals surface area contributed by atoms with Crippen molar-refractivity contribution in [2.24, 2.45) is 0 Å². The van der Waals surface area contributed by atoms with Gasteiger partial charge in [-0.1, -0.05) is 0 Å². The fraction of sp³-hybridized carbons (Fsp3) is 0.250. The van der Waals surface area contributed by atoms with Gasteiger partial charge in [-0.05, 0) is 11.1 Å². The number of carboxylic acid groups (broad SMARTS) is 2. The Hall–Kier alpha value is -2.76. The standard InChI is InChI=1S/C16H16N2O4/c19-15(20)5-11-17-7-1-13(2-8-17)14-3-9-18(10-4-14)12-6-16(21)22/h1-4,7-10H,5-6,11-12H2/p+2. The van der Waals surface area contributed by atoms with E-state index in [9.17, 15) is 9.59 Å². The molecule has 0 spiro atoms. The normalized spacial score (nSPS) is 10.4. The highest BCUT2D eigenvalue weighted by molar-refractivity contribution is 5.66. The van der Waals surface area contributed by atoms with Crippen LogP contribution in [-0.2, 0) is 22.7 Å². The van der Waals surface area contributed by atoms with E-state index in [0.29, 0.717) is 13.1 Å². The monoisotopic (exact) mass is 302 g/mol. The van der Waals surface area contributed by atoms with E-state index < -0.39 is 11.9 Å². The molecule has 0 aromatic carbocycles. The van der Waals surface area contributed by atoms with Gasteiger partial charge in [0.1, 0.15) is 12.8 Å². The molecule has 0 fully saturated rings. The van der Waals surface area contributed by atoms with Gasteiger partial charge >= 0.3 is 11.9 Å². The second-order valence-electron chi connectivity index (χ2n) is 4.94. The number of carboxylic acids is 2. The Morgan fingerprint density at radius 3 is 1.32 bits per heavy atom. The number of rotatable bonds is 7. The van der Waals surface area contributed by atoms with Gasteiger partial charge in [-0.2, -0.15) is 0 Å². The SMILES string of the molecule is O=C(O)CC[n+]1ccc(-c2cc[n+](CCC(=O)O)cc2)cc1. The number of aliphatic carboxylic acids is 2.